The van der Waals surface area contributed by atoms with Crippen LogP contribution in [0.5, 0.6) is 5.75 Å². The molecule has 3 amide bonds. The maximum absolute atomic E-state index is 13.6. The van der Waals surface area contributed by atoms with Crippen LogP contribution in [0, 0.1) is 0 Å². The van der Waals surface area contributed by atoms with Gasteiger partial charge in [0.1, 0.15) is 58.3 Å². The van der Waals surface area contributed by atoms with Crippen molar-refractivity contribution >= 4 is 36.2 Å². The van der Waals surface area contributed by atoms with Gasteiger partial charge in [-0.2, -0.15) is 0 Å². The molecule has 0 radical (unpaired) electrons. The van der Waals surface area contributed by atoms with Crippen molar-refractivity contribution < 1.29 is 66.9 Å². The molecule has 17 nitrogen and oxygen atoms in total. The monoisotopic (exact) mass is 882 g/mol. The maximum Gasteiger partial charge on any atom is 0.408 e. The van der Waals surface area contributed by atoms with Gasteiger partial charge in [0, 0.05) is 24.0 Å². The first-order valence-electron chi connectivity index (χ1n) is 21.2. The minimum Gasteiger partial charge on any atom is -0.503 e. The van der Waals surface area contributed by atoms with E-state index in [9.17, 15) is 33.9 Å². The number of ether oxygens (including phenoxy) is 6. The number of amides is 3. The molecule has 0 unspecified atom stereocenters. The zero-order valence-electron chi connectivity index (χ0n) is 40.6. The van der Waals surface area contributed by atoms with Crippen molar-refractivity contribution in [2.45, 2.75) is 221 Å². The second-order valence-electron chi connectivity index (χ2n) is 21.3. The van der Waals surface area contributed by atoms with Crippen molar-refractivity contribution in [3.05, 3.63) is 23.5 Å². The Morgan fingerprint density at radius 2 is 0.839 bits per heavy atom. The van der Waals surface area contributed by atoms with E-state index in [4.69, 9.17) is 28.4 Å². The van der Waals surface area contributed by atoms with Gasteiger partial charge in [-0.3, -0.25) is 0 Å². The summed E-state index contributed by atoms with van der Waals surface area (Å²) in [4.78, 5) is 78.8. The summed E-state index contributed by atoms with van der Waals surface area (Å²) in [5.41, 5.74) is -4.40. The van der Waals surface area contributed by atoms with Gasteiger partial charge in [-0.05, 0) is 150 Å². The predicted octanol–water partition coefficient (Wildman–Crippen LogP) is 7.03. The summed E-state index contributed by atoms with van der Waals surface area (Å²) in [7, 11) is 0. The van der Waals surface area contributed by atoms with E-state index < -0.39 is 87.9 Å². The van der Waals surface area contributed by atoms with Crippen LogP contribution in [0.2, 0.25) is 0 Å². The van der Waals surface area contributed by atoms with Crippen molar-refractivity contribution in [2.24, 2.45) is 0 Å². The number of aromatic nitrogens is 1. The molecule has 1 heterocycles. The van der Waals surface area contributed by atoms with Gasteiger partial charge >= 0.3 is 36.2 Å². The smallest absolute Gasteiger partial charge is 0.408 e. The number of nitrogens with zero attached hydrogens (tertiary/aromatic N) is 1. The molecule has 1 aromatic heterocycles. The molecule has 0 aromatic carbocycles. The van der Waals surface area contributed by atoms with Gasteiger partial charge < -0.3 is 49.5 Å². The molecule has 1 rings (SSSR count). The first kappa shape index (κ1) is 55.2. The SMILES string of the molecule is CC(C)(C)OC(=O)N[C@@H](CCCC[n+]1cc(O)c(C[C@H](NC(=O)OC(C)(C)C)C(=O)OC(C)(C)C)c(CC[C@H](NC(=O)OC(C)(C)C)C(=O)OC(C)(C)C)c1)C(=O)OC(C)(C)C. The summed E-state index contributed by atoms with van der Waals surface area (Å²) < 4.78 is 34.9. The minimum absolute atomic E-state index is 0.0187. The molecule has 1 aromatic rings. The van der Waals surface area contributed by atoms with E-state index in [2.05, 4.69) is 16.0 Å². The van der Waals surface area contributed by atoms with Crippen LogP contribution < -0.4 is 20.5 Å². The van der Waals surface area contributed by atoms with Crippen molar-refractivity contribution in [1.82, 2.24) is 16.0 Å². The van der Waals surface area contributed by atoms with Gasteiger partial charge in [0.25, 0.3) is 0 Å². The van der Waals surface area contributed by atoms with E-state index in [-0.39, 0.29) is 37.0 Å². The second-order valence-corrected chi connectivity index (χ2v) is 21.3. The largest absolute Gasteiger partial charge is 0.503 e. The van der Waals surface area contributed by atoms with E-state index in [1.165, 1.54) is 6.20 Å². The molecule has 3 atom stereocenters. The molecule has 0 aliphatic heterocycles. The Bertz CT molecular complexity index is 1700. The highest BCUT2D eigenvalue weighted by molar-refractivity contribution is 5.83. The fraction of sp³-hybridized carbons (Fsp3) is 0.756. The summed E-state index contributed by atoms with van der Waals surface area (Å²) in [6.07, 6.45) is 1.66. The summed E-state index contributed by atoms with van der Waals surface area (Å²) in [5, 5.41) is 19.5. The quantitative estimate of drug-likeness (QED) is 0.0568. The van der Waals surface area contributed by atoms with Gasteiger partial charge in [0.2, 0.25) is 6.20 Å². The molecule has 0 bridgehead atoms. The molecule has 354 valence electrons. The summed E-state index contributed by atoms with van der Waals surface area (Å²) in [6.45, 7) is 30.9. The van der Waals surface area contributed by atoms with Gasteiger partial charge in [-0.15, -0.1) is 0 Å². The van der Waals surface area contributed by atoms with Crippen LogP contribution in [0.4, 0.5) is 14.4 Å². The number of nitrogens with one attached hydrogen (secondary N) is 3. The molecule has 0 fully saturated rings. The molecule has 0 spiro atoms. The van der Waals surface area contributed by atoms with Crippen molar-refractivity contribution in [3.63, 3.8) is 0 Å². The highest BCUT2D eigenvalue weighted by atomic mass is 16.6. The van der Waals surface area contributed by atoms with Crippen LogP contribution in [0.15, 0.2) is 12.4 Å². The highest BCUT2D eigenvalue weighted by Gasteiger charge is 2.34. The molecule has 0 saturated heterocycles. The van der Waals surface area contributed by atoms with Gasteiger partial charge in [-0.1, -0.05) is 0 Å². The van der Waals surface area contributed by atoms with Crippen molar-refractivity contribution in [1.29, 1.82) is 0 Å². The third-order valence-corrected chi connectivity index (χ3v) is 7.72. The predicted molar refractivity (Wildman–Crippen MR) is 231 cm³/mol. The molecule has 4 N–H and O–H groups in total. The van der Waals surface area contributed by atoms with E-state index in [1.807, 2.05) is 0 Å². The van der Waals surface area contributed by atoms with Gasteiger partial charge in [-0.25, -0.2) is 33.3 Å². The van der Waals surface area contributed by atoms with Crippen LogP contribution in [-0.4, -0.2) is 93.0 Å². The van der Waals surface area contributed by atoms with Crippen LogP contribution in [0.1, 0.15) is 161 Å². The number of aryl methyl sites for hydroxylation is 2. The van der Waals surface area contributed by atoms with Crippen LogP contribution in [-0.2, 0) is 62.2 Å². The number of aromatic hydroxyl groups is 1. The Morgan fingerprint density at radius 1 is 0.500 bits per heavy atom. The Hall–Kier alpha value is -4.83. The molecular formula is C45H77N4O13+. The number of carbonyl (C=O) groups excluding carboxylic acids is 6. The first-order valence-corrected chi connectivity index (χ1v) is 21.2. The summed E-state index contributed by atoms with van der Waals surface area (Å²) >= 11 is 0. The number of rotatable bonds is 16. The van der Waals surface area contributed by atoms with Crippen molar-refractivity contribution in [3.8, 4) is 5.75 Å². The Labute approximate surface area is 369 Å². The summed E-state index contributed by atoms with van der Waals surface area (Å²) in [5.74, 6) is -2.33. The zero-order chi connectivity index (χ0) is 48.2. The maximum atomic E-state index is 13.6. The number of hydrogen-bond acceptors (Lipinski definition) is 13. The molecule has 17 heteroatoms. The molecular weight excluding hydrogens is 805 g/mol. The Morgan fingerprint density at radius 3 is 1.21 bits per heavy atom. The average molecular weight is 882 g/mol. The molecule has 0 aliphatic rings. The zero-order valence-corrected chi connectivity index (χ0v) is 40.6. The van der Waals surface area contributed by atoms with E-state index in [0.717, 1.165) is 0 Å². The number of pyridine rings is 1. The molecule has 0 saturated carbocycles. The van der Waals surface area contributed by atoms with Crippen LogP contribution in [0.3, 0.4) is 0 Å². The normalized spacial score (nSPS) is 14.0. The number of unbranched alkanes of at least 4 members (excludes halogenated alkanes) is 1. The van der Waals surface area contributed by atoms with Crippen molar-refractivity contribution in [2.75, 3.05) is 0 Å². The molecule has 0 aliphatic carbocycles. The van der Waals surface area contributed by atoms with Gasteiger partial charge in [0.05, 0.1) is 0 Å². The minimum atomic E-state index is -1.31. The lowest BCUT2D eigenvalue weighted by Gasteiger charge is -2.27. The fourth-order valence-corrected chi connectivity index (χ4v) is 5.60. The van der Waals surface area contributed by atoms with E-state index >= 15 is 0 Å². The number of alkyl carbamates (subject to hydrolysis) is 3. The van der Waals surface area contributed by atoms with E-state index in [0.29, 0.717) is 24.9 Å². The number of hydrogen-bond donors (Lipinski definition) is 4. The van der Waals surface area contributed by atoms with E-state index in [1.54, 1.807) is 135 Å². The summed E-state index contributed by atoms with van der Waals surface area (Å²) in [6, 6.07) is -3.49. The number of carbonyl (C=O) groups is 6. The third-order valence-electron chi connectivity index (χ3n) is 7.72. The lowest BCUT2D eigenvalue weighted by Crippen LogP contribution is -2.47. The number of esters is 3. The third kappa shape index (κ3) is 24.6. The topological polar surface area (TPSA) is 218 Å². The Balaban J connectivity index is 3.68. The molecule has 62 heavy (non-hydrogen) atoms. The van der Waals surface area contributed by atoms with Crippen LogP contribution >= 0.6 is 0 Å². The standard InChI is InChI=1S/C45H76N4O13/c1-40(2,3)57-34(51)30(46-37(54)60-43(10,11)12)21-19-20-24-49-26-28(22-23-31(35(52)58-41(4,5)6)47-38(55)61-44(13,14)15)29(33(50)27-49)25-32(36(53)59-42(7,8)9)48-39(56)62-45(16,17)18/h26-27,30-32H,19-25H2,1-18H3,(H3-,46,47,48,50,54,55,56)/p+1/t30-,31-,32-/m0/s1. The average Bonchev–Trinajstić information content (AvgIpc) is 3.00. The Kier molecular flexibility index (Phi) is 19.6. The first-order chi connectivity index (χ1) is 27.8. The van der Waals surface area contributed by atoms with Gasteiger partial charge in [0.15, 0.2) is 11.9 Å². The van der Waals surface area contributed by atoms with Crippen LogP contribution in [0.25, 0.3) is 0 Å². The fourth-order valence-electron chi connectivity index (χ4n) is 5.60. The lowest BCUT2D eigenvalue weighted by molar-refractivity contribution is -0.698. The highest BCUT2D eigenvalue weighted by Crippen LogP contribution is 2.25. The lowest BCUT2D eigenvalue weighted by atomic mass is 9.96. The second kappa shape index (κ2) is 22.0.